The summed E-state index contributed by atoms with van der Waals surface area (Å²) in [5, 5.41) is 9.93. The molecule has 14 heavy (non-hydrogen) atoms. The Kier molecular flexibility index (Phi) is 2.67. The van der Waals surface area contributed by atoms with Crippen LogP contribution in [0.4, 0.5) is 0 Å². The van der Waals surface area contributed by atoms with Gasteiger partial charge >= 0.3 is 5.97 Å². The number of esters is 1. The van der Waals surface area contributed by atoms with Crippen molar-refractivity contribution in [3.05, 3.63) is 0 Å². The molecule has 0 bridgehead atoms. The molecular weight excluding hydrogens is 184 g/mol. The SMILES string of the molecule is CCOC(=O)[C@@]1(C)CCC(=O)[C@@]1(C)O. The zero-order valence-corrected chi connectivity index (χ0v) is 8.79. The molecule has 0 heterocycles. The smallest absolute Gasteiger partial charge is 0.315 e. The van der Waals surface area contributed by atoms with Gasteiger partial charge in [-0.15, -0.1) is 0 Å². The summed E-state index contributed by atoms with van der Waals surface area (Å²) in [5.74, 6) is -0.774. The topological polar surface area (TPSA) is 63.6 Å². The lowest BCUT2D eigenvalue weighted by Gasteiger charge is -2.32. The van der Waals surface area contributed by atoms with Crippen LogP contribution in [-0.4, -0.2) is 29.1 Å². The third kappa shape index (κ3) is 1.34. The average molecular weight is 200 g/mol. The number of Topliss-reactive ketones (excluding diaryl/α,β-unsaturated/α-hetero) is 1. The molecule has 0 aliphatic heterocycles. The molecule has 1 N–H and O–H groups in total. The van der Waals surface area contributed by atoms with Crippen molar-refractivity contribution in [3.8, 4) is 0 Å². The summed E-state index contributed by atoms with van der Waals surface area (Å²) in [4.78, 5) is 23.0. The van der Waals surface area contributed by atoms with Gasteiger partial charge in [-0.2, -0.15) is 0 Å². The molecule has 0 aromatic carbocycles. The van der Waals surface area contributed by atoms with E-state index in [1.54, 1.807) is 13.8 Å². The van der Waals surface area contributed by atoms with Gasteiger partial charge < -0.3 is 9.84 Å². The highest BCUT2D eigenvalue weighted by molar-refractivity contribution is 5.97. The van der Waals surface area contributed by atoms with Crippen LogP contribution in [0.1, 0.15) is 33.6 Å². The number of carbonyl (C=O) groups is 2. The summed E-state index contributed by atoms with van der Waals surface area (Å²) in [5.41, 5.74) is -2.67. The molecule has 1 fully saturated rings. The van der Waals surface area contributed by atoms with Gasteiger partial charge in [-0.05, 0) is 27.2 Å². The van der Waals surface area contributed by atoms with E-state index in [-0.39, 0.29) is 18.8 Å². The molecule has 0 aromatic rings. The zero-order valence-electron chi connectivity index (χ0n) is 8.79. The molecular formula is C10H16O4. The summed E-state index contributed by atoms with van der Waals surface area (Å²) in [6.45, 7) is 4.93. The highest BCUT2D eigenvalue weighted by Gasteiger charge is 2.59. The van der Waals surface area contributed by atoms with E-state index in [0.717, 1.165) is 0 Å². The summed E-state index contributed by atoms with van der Waals surface area (Å²) < 4.78 is 4.86. The summed E-state index contributed by atoms with van der Waals surface area (Å²) in [6, 6.07) is 0. The minimum absolute atomic E-state index is 0.238. The fourth-order valence-electron chi connectivity index (χ4n) is 1.75. The maximum Gasteiger partial charge on any atom is 0.315 e. The van der Waals surface area contributed by atoms with Crippen molar-refractivity contribution in [2.75, 3.05) is 6.61 Å². The van der Waals surface area contributed by atoms with E-state index in [9.17, 15) is 14.7 Å². The van der Waals surface area contributed by atoms with Crippen molar-refractivity contribution in [2.24, 2.45) is 5.41 Å². The van der Waals surface area contributed by atoms with Crippen LogP contribution in [0.15, 0.2) is 0 Å². The molecule has 1 saturated carbocycles. The summed E-state index contributed by atoms with van der Waals surface area (Å²) >= 11 is 0. The van der Waals surface area contributed by atoms with E-state index in [0.29, 0.717) is 6.42 Å². The van der Waals surface area contributed by atoms with E-state index in [4.69, 9.17) is 4.74 Å². The number of ketones is 1. The van der Waals surface area contributed by atoms with Gasteiger partial charge in [-0.1, -0.05) is 0 Å². The number of carbonyl (C=O) groups excluding carboxylic acids is 2. The van der Waals surface area contributed by atoms with Crippen molar-refractivity contribution in [1.29, 1.82) is 0 Å². The fraction of sp³-hybridized carbons (Fsp3) is 0.800. The molecule has 4 nitrogen and oxygen atoms in total. The van der Waals surface area contributed by atoms with Crippen LogP contribution in [0.3, 0.4) is 0 Å². The Balaban J connectivity index is 2.95. The highest BCUT2D eigenvalue weighted by atomic mass is 16.5. The standard InChI is InChI=1S/C10H16O4/c1-4-14-8(12)9(2)6-5-7(11)10(9,3)13/h13H,4-6H2,1-3H3/t9-,10-/m1/s1. The number of rotatable bonds is 2. The van der Waals surface area contributed by atoms with E-state index in [1.807, 2.05) is 0 Å². The molecule has 0 spiro atoms. The number of aliphatic hydroxyl groups is 1. The first-order valence-corrected chi connectivity index (χ1v) is 4.79. The minimum atomic E-state index is -1.58. The van der Waals surface area contributed by atoms with Gasteiger partial charge in [0.1, 0.15) is 11.0 Å². The Labute approximate surface area is 83.2 Å². The number of ether oxygens (including phenoxy) is 1. The minimum Gasteiger partial charge on any atom is -0.465 e. The summed E-state index contributed by atoms with van der Waals surface area (Å²) in [7, 11) is 0. The Hall–Kier alpha value is -0.900. The highest BCUT2D eigenvalue weighted by Crippen LogP contribution is 2.44. The van der Waals surface area contributed by atoms with Crippen LogP contribution in [0, 0.1) is 5.41 Å². The molecule has 0 unspecified atom stereocenters. The molecule has 0 aromatic heterocycles. The van der Waals surface area contributed by atoms with Crippen LogP contribution in [-0.2, 0) is 14.3 Å². The predicted molar refractivity (Wildman–Crippen MR) is 49.6 cm³/mol. The average Bonchev–Trinajstić information content (AvgIpc) is 2.31. The maximum atomic E-state index is 11.6. The van der Waals surface area contributed by atoms with Gasteiger partial charge in [0.2, 0.25) is 0 Å². The quantitative estimate of drug-likeness (QED) is 0.665. The molecule has 0 radical (unpaired) electrons. The van der Waals surface area contributed by atoms with Crippen molar-refractivity contribution in [2.45, 2.75) is 39.2 Å². The van der Waals surface area contributed by atoms with E-state index >= 15 is 0 Å². The zero-order chi connectivity index (χ0) is 11.0. The molecule has 80 valence electrons. The Morgan fingerprint density at radius 1 is 1.57 bits per heavy atom. The van der Waals surface area contributed by atoms with Crippen LogP contribution in [0.25, 0.3) is 0 Å². The molecule has 1 rings (SSSR count). The van der Waals surface area contributed by atoms with Crippen molar-refractivity contribution in [1.82, 2.24) is 0 Å². The van der Waals surface area contributed by atoms with E-state index in [1.165, 1.54) is 6.92 Å². The largest absolute Gasteiger partial charge is 0.465 e. The van der Waals surface area contributed by atoms with Gasteiger partial charge in [-0.25, -0.2) is 0 Å². The van der Waals surface area contributed by atoms with Crippen LogP contribution in [0.2, 0.25) is 0 Å². The predicted octanol–water partition coefficient (Wildman–Crippen LogP) is 0.670. The molecule has 4 heteroatoms. The first kappa shape index (κ1) is 11.2. The van der Waals surface area contributed by atoms with Crippen molar-refractivity contribution >= 4 is 11.8 Å². The van der Waals surface area contributed by atoms with Crippen LogP contribution < -0.4 is 0 Å². The Morgan fingerprint density at radius 2 is 2.14 bits per heavy atom. The normalized spacial score (nSPS) is 37.3. The van der Waals surface area contributed by atoms with Gasteiger partial charge in [0, 0.05) is 6.42 Å². The molecule has 1 aliphatic rings. The van der Waals surface area contributed by atoms with Crippen LogP contribution >= 0.6 is 0 Å². The van der Waals surface area contributed by atoms with Crippen molar-refractivity contribution < 1.29 is 19.4 Å². The monoisotopic (exact) mass is 200 g/mol. The Bertz CT molecular complexity index is 269. The molecule has 1 aliphatic carbocycles. The lowest BCUT2D eigenvalue weighted by atomic mass is 9.77. The van der Waals surface area contributed by atoms with E-state index in [2.05, 4.69) is 0 Å². The second kappa shape index (κ2) is 3.35. The van der Waals surface area contributed by atoms with Gasteiger partial charge in [-0.3, -0.25) is 9.59 Å². The first-order valence-electron chi connectivity index (χ1n) is 4.79. The molecule has 0 saturated heterocycles. The third-order valence-electron chi connectivity index (χ3n) is 3.20. The van der Waals surface area contributed by atoms with E-state index < -0.39 is 17.0 Å². The van der Waals surface area contributed by atoms with Crippen molar-refractivity contribution in [3.63, 3.8) is 0 Å². The summed E-state index contributed by atoms with van der Waals surface area (Å²) in [6.07, 6.45) is 0.597. The third-order valence-corrected chi connectivity index (χ3v) is 3.20. The maximum absolute atomic E-state index is 11.6. The number of hydrogen-bond acceptors (Lipinski definition) is 4. The number of hydrogen-bond donors (Lipinski definition) is 1. The van der Waals surface area contributed by atoms with Gasteiger partial charge in [0.15, 0.2) is 5.78 Å². The Morgan fingerprint density at radius 3 is 2.50 bits per heavy atom. The van der Waals surface area contributed by atoms with Gasteiger partial charge in [0.05, 0.1) is 6.61 Å². The second-order valence-electron chi connectivity index (χ2n) is 4.05. The van der Waals surface area contributed by atoms with Gasteiger partial charge in [0.25, 0.3) is 0 Å². The first-order chi connectivity index (χ1) is 6.36. The second-order valence-corrected chi connectivity index (χ2v) is 4.05. The molecule has 2 atom stereocenters. The lowest BCUT2D eigenvalue weighted by molar-refractivity contribution is -0.170. The lowest BCUT2D eigenvalue weighted by Crippen LogP contribution is -2.49. The molecule has 0 amide bonds. The van der Waals surface area contributed by atoms with Crippen LogP contribution in [0.5, 0.6) is 0 Å². The fourth-order valence-corrected chi connectivity index (χ4v) is 1.75.